The van der Waals surface area contributed by atoms with Crippen molar-refractivity contribution in [2.45, 2.75) is 18.6 Å². The minimum Gasteiger partial charge on any atom is -0.490 e. The monoisotopic (exact) mass is 418 g/mol. The molecule has 1 N–H and O–H groups in total. The highest BCUT2D eigenvalue weighted by molar-refractivity contribution is 6.30. The maximum Gasteiger partial charge on any atom is 0.257 e. The van der Waals surface area contributed by atoms with Crippen LogP contribution in [0.25, 0.3) is 0 Å². The second-order valence-electron chi connectivity index (χ2n) is 7.40. The second kappa shape index (κ2) is 9.96. The molecule has 1 aliphatic rings. The Morgan fingerprint density at radius 2 is 1.97 bits per heavy atom. The van der Waals surface area contributed by atoms with E-state index in [1.807, 2.05) is 30.3 Å². The Balaban J connectivity index is 1.46. The van der Waals surface area contributed by atoms with E-state index >= 15 is 0 Å². The molecule has 1 amide bonds. The highest BCUT2D eigenvalue weighted by Gasteiger charge is 2.26. The lowest BCUT2D eigenvalue weighted by Crippen LogP contribution is -2.35. The summed E-state index contributed by atoms with van der Waals surface area (Å²) >= 11 is 5.90. The number of hydrogen-bond donors (Lipinski definition) is 1. The van der Waals surface area contributed by atoms with Crippen LogP contribution in [0.15, 0.2) is 48.5 Å². The van der Waals surface area contributed by atoms with Crippen LogP contribution in [0.4, 0.5) is 0 Å². The van der Waals surface area contributed by atoms with E-state index in [2.05, 4.69) is 4.90 Å². The van der Waals surface area contributed by atoms with Gasteiger partial charge in [0, 0.05) is 38.8 Å². The van der Waals surface area contributed by atoms with Crippen molar-refractivity contribution in [3.8, 4) is 11.5 Å². The number of aliphatic hydroxyl groups is 1. The average Bonchev–Trinajstić information content (AvgIpc) is 3.14. The number of hydrogen-bond acceptors (Lipinski definition) is 5. The molecule has 1 heterocycles. The van der Waals surface area contributed by atoms with Gasteiger partial charge < -0.3 is 19.5 Å². The molecule has 0 saturated carbocycles. The van der Waals surface area contributed by atoms with Crippen LogP contribution < -0.4 is 9.47 Å². The third-order valence-corrected chi connectivity index (χ3v) is 5.02. The number of para-hydroxylation sites is 1. The number of benzene rings is 2. The molecule has 29 heavy (non-hydrogen) atoms. The molecule has 2 aromatic rings. The van der Waals surface area contributed by atoms with Gasteiger partial charge in [0.05, 0.1) is 5.56 Å². The molecule has 2 unspecified atom stereocenters. The number of amides is 1. The molecule has 0 spiro atoms. The topological polar surface area (TPSA) is 62.2 Å². The van der Waals surface area contributed by atoms with Gasteiger partial charge in [0.1, 0.15) is 30.3 Å². The molecule has 0 bridgehead atoms. The number of β-amino-alcohol motifs (C(OH)–C–C–N with tert-alkyl or cyclic N) is 1. The van der Waals surface area contributed by atoms with Gasteiger partial charge in [0.15, 0.2) is 0 Å². The van der Waals surface area contributed by atoms with Gasteiger partial charge in [-0.05, 0) is 42.8 Å². The molecule has 1 saturated heterocycles. The first-order chi connectivity index (χ1) is 13.9. The number of carbonyl (C=O) groups is 1. The second-order valence-corrected chi connectivity index (χ2v) is 7.84. The van der Waals surface area contributed by atoms with Crippen LogP contribution in [0.5, 0.6) is 11.5 Å². The van der Waals surface area contributed by atoms with Crippen molar-refractivity contribution in [3.63, 3.8) is 0 Å². The number of ether oxygens (including phenoxy) is 2. The maximum atomic E-state index is 12.2. The Morgan fingerprint density at radius 1 is 1.24 bits per heavy atom. The maximum absolute atomic E-state index is 12.2. The van der Waals surface area contributed by atoms with Crippen molar-refractivity contribution in [2.24, 2.45) is 0 Å². The van der Waals surface area contributed by atoms with Gasteiger partial charge in [-0.3, -0.25) is 9.69 Å². The summed E-state index contributed by atoms with van der Waals surface area (Å²) < 4.78 is 11.7. The van der Waals surface area contributed by atoms with Gasteiger partial charge in [-0.15, -0.1) is 0 Å². The summed E-state index contributed by atoms with van der Waals surface area (Å²) in [5, 5.41) is 11.1. The Kier molecular flexibility index (Phi) is 7.36. The van der Waals surface area contributed by atoms with E-state index in [1.54, 1.807) is 32.3 Å². The molecule has 0 aliphatic carbocycles. The SMILES string of the molecule is CN(C)C(=O)c1ccccc1OCC(O)CN1CCC(Oc2ccc(Cl)cc2)C1. The summed E-state index contributed by atoms with van der Waals surface area (Å²) in [5.74, 6) is 1.15. The van der Waals surface area contributed by atoms with Crippen LogP contribution in [0.3, 0.4) is 0 Å². The van der Waals surface area contributed by atoms with Crippen LogP contribution >= 0.6 is 11.6 Å². The summed E-state index contributed by atoms with van der Waals surface area (Å²) in [5.41, 5.74) is 0.488. The Labute approximate surface area is 176 Å². The zero-order chi connectivity index (χ0) is 20.8. The van der Waals surface area contributed by atoms with Gasteiger partial charge in [-0.25, -0.2) is 0 Å². The van der Waals surface area contributed by atoms with Crippen molar-refractivity contribution >= 4 is 17.5 Å². The van der Waals surface area contributed by atoms with Crippen LogP contribution in [0, 0.1) is 0 Å². The lowest BCUT2D eigenvalue weighted by atomic mass is 10.2. The molecular formula is C22H27ClN2O4. The van der Waals surface area contributed by atoms with Crippen LogP contribution in [0.1, 0.15) is 16.8 Å². The Hall–Kier alpha value is -2.28. The lowest BCUT2D eigenvalue weighted by molar-refractivity contribution is 0.0696. The van der Waals surface area contributed by atoms with Gasteiger partial charge in [-0.2, -0.15) is 0 Å². The van der Waals surface area contributed by atoms with E-state index < -0.39 is 6.10 Å². The minimum atomic E-state index is -0.660. The summed E-state index contributed by atoms with van der Waals surface area (Å²) in [4.78, 5) is 15.9. The predicted molar refractivity (Wildman–Crippen MR) is 113 cm³/mol. The summed E-state index contributed by atoms with van der Waals surface area (Å²) in [7, 11) is 3.40. The molecule has 1 aliphatic heterocycles. The third kappa shape index (κ3) is 6.10. The third-order valence-electron chi connectivity index (χ3n) is 4.77. The largest absolute Gasteiger partial charge is 0.490 e. The van der Waals surface area contributed by atoms with E-state index in [0.717, 1.165) is 25.3 Å². The fraction of sp³-hybridized carbons (Fsp3) is 0.409. The van der Waals surface area contributed by atoms with E-state index in [0.29, 0.717) is 22.9 Å². The van der Waals surface area contributed by atoms with Crippen molar-refractivity contribution in [1.29, 1.82) is 0 Å². The summed E-state index contributed by atoms with van der Waals surface area (Å²) in [6, 6.07) is 14.4. The van der Waals surface area contributed by atoms with Gasteiger partial charge in [0.2, 0.25) is 0 Å². The molecule has 1 fully saturated rings. The molecule has 2 aromatic carbocycles. The average molecular weight is 419 g/mol. The van der Waals surface area contributed by atoms with Crippen LogP contribution in [0.2, 0.25) is 5.02 Å². The normalized spacial score (nSPS) is 17.7. The highest BCUT2D eigenvalue weighted by atomic mass is 35.5. The fourth-order valence-corrected chi connectivity index (χ4v) is 3.44. The molecule has 7 heteroatoms. The van der Waals surface area contributed by atoms with Gasteiger partial charge >= 0.3 is 0 Å². The van der Waals surface area contributed by atoms with E-state index in [9.17, 15) is 9.90 Å². The predicted octanol–water partition coefficient (Wildman–Crippen LogP) is 2.93. The lowest BCUT2D eigenvalue weighted by Gasteiger charge is -2.21. The number of likely N-dealkylation sites (tertiary alicyclic amines) is 1. The van der Waals surface area contributed by atoms with Crippen molar-refractivity contribution in [2.75, 3.05) is 40.3 Å². The Bertz CT molecular complexity index is 813. The first-order valence-corrected chi connectivity index (χ1v) is 10.1. The number of carbonyl (C=O) groups excluding carboxylic acids is 1. The number of halogens is 1. The van der Waals surface area contributed by atoms with E-state index in [1.165, 1.54) is 4.90 Å². The van der Waals surface area contributed by atoms with Crippen molar-refractivity contribution in [1.82, 2.24) is 9.80 Å². The number of nitrogens with zero attached hydrogens (tertiary/aromatic N) is 2. The Morgan fingerprint density at radius 3 is 2.69 bits per heavy atom. The smallest absolute Gasteiger partial charge is 0.257 e. The zero-order valence-electron chi connectivity index (χ0n) is 16.8. The molecule has 3 rings (SSSR count). The molecule has 6 nitrogen and oxygen atoms in total. The van der Waals surface area contributed by atoms with Gasteiger partial charge in [-0.1, -0.05) is 23.7 Å². The van der Waals surface area contributed by atoms with Crippen molar-refractivity contribution in [3.05, 3.63) is 59.1 Å². The molecule has 2 atom stereocenters. The minimum absolute atomic E-state index is 0.0859. The quantitative estimate of drug-likeness (QED) is 0.714. The number of aliphatic hydroxyl groups excluding tert-OH is 1. The van der Waals surface area contributed by atoms with Crippen LogP contribution in [-0.4, -0.2) is 73.4 Å². The molecule has 0 aromatic heterocycles. The first kappa shape index (κ1) is 21.4. The first-order valence-electron chi connectivity index (χ1n) is 9.68. The highest BCUT2D eigenvalue weighted by Crippen LogP contribution is 2.22. The summed E-state index contributed by atoms with van der Waals surface area (Å²) in [6.45, 7) is 2.21. The molecule has 156 valence electrons. The summed E-state index contributed by atoms with van der Waals surface area (Å²) in [6.07, 6.45) is 0.325. The number of rotatable bonds is 8. The fourth-order valence-electron chi connectivity index (χ4n) is 3.31. The van der Waals surface area contributed by atoms with E-state index in [-0.39, 0.29) is 18.6 Å². The van der Waals surface area contributed by atoms with Crippen LogP contribution in [-0.2, 0) is 0 Å². The zero-order valence-corrected chi connectivity index (χ0v) is 17.5. The van der Waals surface area contributed by atoms with E-state index in [4.69, 9.17) is 21.1 Å². The molecule has 0 radical (unpaired) electrons. The molecular weight excluding hydrogens is 392 g/mol. The van der Waals surface area contributed by atoms with Gasteiger partial charge in [0.25, 0.3) is 5.91 Å². The van der Waals surface area contributed by atoms with Crippen molar-refractivity contribution < 1.29 is 19.4 Å². The standard InChI is InChI=1S/C22H27ClN2O4/c1-24(2)22(27)20-5-3-4-6-21(20)28-15-17(26)13-25-12-11-19(14-25)29-18-9-7-16(23)8-10-18/h3-10,17,19,26H,11-15H2,1-2H3.